The molecular weight excluding hydrogens is 236 g/mol. The van der Waals surface area contributed by atoms with Crippen LogP contribution >= 0.6 is 31.4 Å². The van der Waals surface area contributed by atoms with Crippen molar-refractivity contribution in [3.05, 3.63) is 24.2 Å². The second-order valence-corrected chi connectivity index (χ2v) is 7.24. The number of furan rings is 1. The molecule has 1 unspecified atom stereocenters. The Morgan fingerprint density at radius 3 is 3.00 bits per heavy atom. The Kier molecular flexibility index (Phi) is 5.59. The van der Waals surface area contributed by atoms with Crippen molar-refractivity contribution in [1.82, 2.24) is 0 Å². The lowest BCUT2D eigenvalue weighted by atomic mass is 10.3. The molecule has 14 heavy (non-hydrogen) atoms. The van der Waals surface area contributed by atoms with Gasteiger partial charge in [0.1, 0.15) is 11.5 Å². The number of ketones is 1. The molecule has 1 heterocycles. The maximum Gasteiger partial charge on any atom is 0.143 e. The molecule has 0 aliphatic rings. The minimum atomic E-state index is 0.0732. The molecule has 0 spiro atoms. The second kappa shape index (κ2) is 6.48. The fraction of sp³-hybridized carbons (Fsp3) is 0.444. The molecule has 0 aromatic carbocycles. The average molecular weight is 248 g/mol. The number of Topliss-reactive ketones (excluding diaryl/α,β-unsaturated/α-hetero) is 1. The molecule has 1 aromatic heterocycles. The summed E-state index contributed by atoms with van der Waals surface area (Å²) in [5.41, 5.74) is 0. The van der Waals surface area contributed by atoms with Crippen molar-refractivity contribution >= 4 is 37.2 Å². The lowest BCUT2D eigenvalue weighted by Crippen LogP contribution is -2.05. The molecule has 0 aliphatic carbocycles. The average Bonchev–Trinajstić information content (AvgIpc) is 2.64. The Hall–Kier alpha value is -0.0000000000000000555. The summed E-state index contributed by atoms with van der Waals surface area (Å²) in [5.74, 6) is 2.04. The molecule has 0 saturated heterocycles. The van der Waals surface area contributed by atoms with E-state index in [1.807, 2.05) is 19.1 Å². The van der Waals surface area contributed by atoms with E-state index in [1.165, 1.54) is 0 Å². The fourth-order valence-corrected chi connectivity index (χ4v) is 4.68. The Morgan fingerprint density at radius 1 is 1.64 bits per heavy atom. The summed E-state index contributed by atoms with van der Waals surface area (Å²) < 4.78 is 5.18. The van der Waals surface area contributed by atoms with Gasteiger partial charge in [-0.1, -0.05) is 21.6 Å². The number of hydrogen-bond donors (Lipinski definition) is 0. The van der Waals surface area contributed by atoms with Gasteiger partial charge in [0, 0.05) is 0 Å². The molecule has 0 bridgehead atoms. The second-order valence-electron chi connectivity index (χ2n) is 2.76. The Morgan fingerprint density at radius 2 is 2.43 bits per heavy atom. The van der Waals surface area contributed by atoms with Gasteiger partial charge in [-0.25, -0.2) is 0 Å². The molecular formula is C9H12O2S3. The molecule has 0 N–H and O–H groups in total. The standard InChI is InChI=1S/C9H12O2S3/c1-7(10)8(2)13-14-12-6-9-4-3-5-11-9/h3-5,8H,6H2,1-2H3. The Bertz CT molecular complexity index is 272. The zero-order valence-electron chi connectivity index (χ0n) is 8.06. The van der Waals surface area contributed by atoms with Crippen molar-refractivity contribution in [2.75, 3.05) is 0 Å². The quantitative estimate of drug-likeness (QED) is 0.564. The van der Waals surface area contributed by atoms with E-state index in [0.717, 1.165) is 11.5 Å². The van der Waals surface area contributed by atoms with Crippen LogP contribution < -0.4 is 0 Å². The van der Waals surface area contributed by atoms with Crippen LogP contribution in [0.1, 0.15) is 19.6 Å². The van der Waals surface area contributed by atoms with Crippen LogP contribution in [0, 0.1) is 0 Å². The van der Waals surface area contributed by atoms with E-state index in [4.69, 9.17) is 4.42 Å². The van der Waals surface area contributed by atoms with Gasteiger partial charge in [-0.15, -0.1) is 0 Å². The Balaban J connectivity index is 2.08. The summed E-state index contributed by atoms with van der Waals surface area (Å²) in [6.07, 6.45) is 1.67. The maximum absolute atomic E-state index is 10.9. The minimum absolute atomic E-state index is 0.0732. The molecule has 0 radical (unpaired) electrons. The van der Waals surface area contributed by atoms with E-state index in [-0.39, 0.29) is 11.0 Å². The van der Waals surface area contributed by atoms with Crippen molar-refractivity contribution in [3.63, 3.8) is 0 Å². The van der Waals surface area contributed by atoms with Gasteiger partial charge in [0.05, 0.1) is 17.3 Å². The minimum Gasteiger partial charge on any atom is -0.468 e. The first-order chi connectivity index (χ1) is 6.70. The van der Waals surface area contributed by atoms with Crippen LogP contribution in [0.3, 0.4) is 0 Å². The van der Waals surface area contributed by atoms with Crippen LogP contribution in [0.2, 0.25) is 0 Å². The van der Waals surface area contributed by atoms with E-state index in [2.05, 4.69) is 0 Å². The van der Waals surface area contributed by atoms with Gasteiger partial charge in [-0.05, 0) is 35.8 Å². The smallest absolute Gasteiger partial charge is 0.143 e. The topological polar surface area (TPSA) is 30.2 Å². The lowest BCUT2D eigenvalue weighted by molar-refractivity contribution is -0.116. The van der Waals surface area contributed by atoms with E-state index in [1.54, 1.807) is 44.6 Å². The zero-order valence-corrected chi connectivity index (χ0v) is 10.5. The first kappa shape index (κ1) is 12.1. The molecule has 5 heteroatoms. The Labute approximate surface area is 95.4 Å². The van der Waals surface area contributed by atoms with Gasteiger partial charge in [0.25, 0.3) is 0 Å². The highest BCUT2D eigenvalue weighted by molar-refractivity contribution is 9.09. The van der Waals surface area contributed by atoms with Crippen LogP contribution in [0.4, 0.5) is 0 Å². The zero-order chi connectivity index (χ0) is 10.4. The highest BCUT2D eigenvalue weighted by atomic mass is 33.5. The first-order valence-electron chi connectivity index (χ1n) is 4.18. The van der Waals surface area contributed by atoms with Gasteiger partial charge in [0.2, 0.25) is 0 Å². The van der Waals surface area contributed by atoms with Crippen LogP contribution in [0.25, 0.3) is 0 Å². The van der Waals surface area contributed by atoms with Gasteiger partial charge in [-0.3, -0.25) is 4.79 Å². The van der Waals surface area contributed by atoms with Gasteiger partial charge in [0.15, 0.2) is 0 Å². The highest BCUT2D eigenvalue weighted by Crippen LogP contribution is 2.39. The van der Waals surface area contributed by atoms with Crippen LogP contribution in [0.5, 0.6) is 0 Å². The number of carbonyl (C=O) groups is 1. The summed E-state index contributed by atoms with van der Waals surface area (Å²) in [4.78, 5) is 10.9. The van der Waals surface area contributed by atoms with Gasteiger partial charge in [-0.2, -0.15) is 0 Å². The van der Waals surface area contributed by atoms with Gasteiger partial charge >= 0.3 is 0 Å². The van der Waals surface area contributed by atoms with Crippen molar-refractivity contribution in [1.29, 1.82) is 0 Å². The van der Waals surface area contributed by atoms with Gasteiger partial charge < -0.3 is 4.42 Å². The summed E-state index contributed by atoms with van der Waals surface area (Å²) in [6, 6.07) is 3.83. The van der Waals surface area contributed by atoms with E-state index in [0.29, 0.717) is 0 Å². The monoisotopic (exact) mass is 248 g/mol. The molecule has 0 amide bonds. The molecule has 0 fully saturated rings. The molecule has 0 aliphatic heterocycles. The fourth-order valence-electron chi connectivity index (χ4n) is 0.631. The normalized spacial score (nSPS) is 12.7. The molecule has 0 saturated carbocycles. The van der Waals surface area contributed by atoms with Crippen molar-refractivity contribution in [2.24, 2.45) is 0 Å². The number of hydrogen-bond acceptors (Lipinski definition) is 5. The predicted octanol–water partition coefficient (Wildman–Crippen LogP) is 3.79. The van der Waals surface area contributed by atoms with Crippen molar-refractivity contribution < 1.29 is 9.21 Å². The summed E-state index contributed by atoms with van der Waals surface area (Å²) >= 11 is 0. The highest BCUT2D eigenvalue weighted by Gasteiger charge is 2.08. The summed E-state index contributed by atoms with van der Waals surface area (Å²) in [7, 11) is 4.93. The van der Waals surface area contributed by atoms with Crippen LogP contribution in [-0.2, 0) is 10.5 Å². The first-order valence-corrected chi connectivity index (χ1v) is 7.89. The molecule has 1 rings (SSSR count). The van der Waals surface area contributed by atoms with Crippen molar-refractivity contribution in [3.8, 4) is 0 Å². The SMILES string of the molecule is CC(=O)C(C)SSSCc1ccco1. The third-order valence-electron chi connectivity index (χ3n) is 1.59. The number of carbonyl (C=O) groups excluding carboxylic acids is 1. The maximum atomic E-state index is 10.9. The van der Waals surface area contributed by atoms with E-state index < -0.39 is 0 Å². The molecule has 1 atom stereocenters. The van der Waals surface area contributed by atoms with Crippen molar-refractivity contribution in [2.45, 2.75) is 24.9 Å². The molecule has 2 nitrogen and oxygen atoms in total. The van der Waals surface area contributed by atoms with E-state index >= 15 is 0 Å². The van der Waals surface area contributed by atoms with Crippen LogP contribution in [-0.4, -0.2) is 11.0 Å². The van der Waals surface area contributed by atoms with E-state index in [9.17, 15) is 4.79 Å². The predicted molar refractivity (Wildman–Crippen MR) is 65.3 cm³/mol. The molecule has 78 valence electrons. The molecule has 1 aromatic rings. The lowest BCUT2D eigenvalue weighted by Gasteiger charge is -2.04. The largest absolute Gasteiger partial charge is 0.468 e. The summed E-state index contributed by atoms with van der Waals surface area (Å²) in [6.45, 7) is 3.54. The third kappa shape index (κ3) is 4.48. The summed E-state index contributed by atoms with van der Waals surface area (Å²) in [5, 5.41) is 0.0732. The third-order valence-corrected chi connectivity index (χ3v) is 6.10. The number of rotatable bonds is 6. The van der Waals surface area contributed by atoms with Crippen LogP contribution in [0.15, 0.2) is 22.8 Å².